The number of rotatable bonds is 1. The highest BCUT2D eigenvalue weighted by atomic mass is 79.9. The lowest BCUT2D eigenvalue weighted by molar-refractivity contribution is -0.307. The first-order valence-corrected chi connectivity index (χ1v) is 7.55. The average molecular weight is 387 g/mol. The minimum absolute atomic E-state index is 0.00546. The highest BCUT2D eigenvalue weighted by Gasteiger charge is 2.49. The Bertz CT molecular complexity index is 575. The molecule has 0 saturated heterocycles. The van der Waals surface area contributed by atoms with Crippen LogP contribution in [0.4, 0.5) is 0 Å². The number of hydrogen-bond donors (Lipinski definition) is 3. The van der Waals surface area contributed by atoms with Crippen molar-refractivity contribution in [3.8, 4) is 0 Å². The van der Waals surface area contributed by atoms with Crippen molar-refractivity contribution in [2.45, 2.75) is 44.3 Å². The van der Waals surface area contributed by atoms with Gasteiger partial charge in [-0.2, -0.15) is 0 Å². The molecule has 1 atom stereocenters. The number of carbonyl (C=O) groups excluding carboxylic acids is 1. The molecule has 0 bridgehead atoms. The van der Waals surface area contributed by atoms with Gasteiger partial charge in [0.05, 0.1) is 16.9 Å². The minimum atomic E-state index is -2.70. The zero-order chi connectivity index (χ0) is 18.1. The summed E-state index contributed by atoms with van der Waals surface area (Å²) in [6.45, 7) is 6.06. The molecule has 0 saturated carbocycles. The Morgan fingerprint density at radius 2 is 1.96 bits per heavy atom. The van der Waals surface area contributed by atoms with Crippen molar-refractivity contribution in [3.63, 3.8) is 0 Å². The van der Waals surface area contributed by atoms with E-state index in [0.29, 0.717) is 9.37 Å². The van der Waals surface area contributed by atoms with Crippen molar-refractivity contribution in [1.29, 1.82) is 0 Å². The lowest BCUT2D eigenvalue weighted by atomic mass is 9.79. The molecule has 1 amide bonds. The lowest BCUT2D eigenvalue weighted by Gasteiger charge is -2.46. The molecule has 0 aliphatic carbocycles. The zero-order valence-corrected chi connectivity index (χ0v) is 15.0. The normalized spacial score (nSPS) is 22.7. The van der Waals surface area contributed by atoms with Crippen LogP contribution in [0.5, 0.6) is 0 Å². The van der Waals surface area contributed by atoms with Crippen LogP contribution in [0.3, 0.4) is 0 Å². The summed E-state index contributed by atoms with van der Waals surface area (Å²) in [6.07, 6.45) is 1.31. The average Bonchev–Trinajstić information content (AvgIpc) is 2.39. The van der Waals surface area contributed by atoms with E-state index in [1.165, 1.54) is 12.3 Å². The van der Waals surface area contributed by atoms with Gasteiger partial charge in [-0.15, -0.1) is 0 Å². The molecule has 23 heavy (non-hydrogen) atoms. The van der Waals surface area contributed by atoms with Gasteiger partial charge in [-0.1, -0.05) is 0 Å². The highest BCUT2D eigenvalue weighted by molar-refractivity contribution is 9.10. The van der Waals surface area contributed by atoms with E-state index in [1.54, 1.807) is 7.11 Å². The molecule has 9 heteroatoms. The predicted molar refractivity (Wildman–Crippen MR) is 87.1 cm³/mol. The van der Waals surface area contributed by atoms with Crippen LogP contribution < -0.4 is 0 Å². The third-order valence-electron chi connectivity index (χ3n) is 3.20. The van der Waals surface area contributed by atoms with E-state index in [2.05, 4.69) is 20.9 Å². The first-order valence-electron chi connectivity index (χ1n) is 6.76. The molecule has 1 aromatic heterocycles. The smallest absolute Gasteiger partial charge is 0.280 e. The fraction of sp³-hybridized carbons (Fsp3) is 0.571. The van der Waals surface area contributed by atoms with Crippen LogP contribution in [0.2, 0.25) is 0 Å². The van der Waals surface area contributed by atoms with Crippen molar-refractivity contribution in [2.75, 3.05) is 7.11 Å². The summed E-state index contributed by atoms with van der Waals surface area (Å²) in [6, 6.07) is 1.40. The van der Waals surface area contributed by atoms with Crippen LogP contribution in [-0.4, -0.2) is 57.8 Å². The van der Waals surface area contributed by atoms with Crippen molar-refractivity contribution in [2.24, 2.45) is 0 Å². The summed E-state index contributed by atoms with van der Waals surface area (Å²) >= 11 is 3.13. The maximum Gasteiger partial charge on any atom is 0.280 e. The number of methoxy groups -OCH3 is 1. The van der Waals surface area contributed by atoms with E-state index in [0.717, 1.165) is 0 Å². The summed E-state index contributed by atoms with van der Waals surface area (Å²) in [4.78, 5) is 15.1. The van der Waals surface area contributed by atoms with Gasteiger partial charge in [0.25, 0.3) is 5.91 Å². The van der Waals surface area contributed by atoms with Crippen LogP contribution in [0, 0.1) is 0 Å². The quantitative estimate of drug-likeness (QED) is 0.362. The topological polar surface area (TPSA) is 103 Å². The SMILES string of the molecule is COC(C)(C)C.[B]C1(O)Cc2ncc(Br)cc2C(O)(O)N1C=O. The standard InChI is InChI=1S/C9H8BBrN2O4.C5H12O/c10-8(15)2-7-6(1-5(11)3-12-7)9(16,17)13(8)4-14;1-5(2,3)6-4/h1,3-4,15-17H,2H2;1-4H3. The number of pyridine rings is 1. The van der Waals surface area contributed by atoms with E-state index in [-0.39, 0.29) is 29.7 Å². The van der Waals surface area contributed by atoms with E-state index < -0.39 is 11.5 Å². The number of hydrogen-bond acceptors (Lipinski definition) is 6. The molecule has 1 aliphatic heterocycles. The van der Waals surface area contributed by atoms with Gasteiger partial charge in [0.15, 0.2) is 0 Å². The van der Waals surface area contributed by atoms with Gasteiger partial charge < -0.3 is 20.1 Å². The molecule has 1 aliphatic rings. The molecule has 0 aromatic carbocycles. The molecule has 2 rings (SSSR count). The zero-order valence-electron chi connectivity index (χ0n) is 13.4. The van der Waals surface area contributed by atoms with Crippen molar-refractivity contribution < 1.29 is 24.9 Å². The maximum absolute atomic E-state index is 10.8. The Labute approximate surface area is 144 Å². The number of aliphatic hydroxyl groups is 3. The Balaban J connectivity index is 0.000000379. The minimum Gasteiger partial charge on any atom is -0.380 e. The van der Waals surface area contributed by atoms with Crippen LogP contribution in [0.1, 0.15) is 32.0 Å². The monoisotopic (exact) mass is 386 g/mol. The first kappa shape index (κ1) is 20.1. The number of aromatic nitrogens is 1. The lowest BCUT2D eigenvalue weighted by Crippen LogP contribution is -2.63. The second-order valence-electron chi connectivity index (χ2n) is 6.13. The Kier molecular flexibility index (Phi) is 5.98. The van der Waals surface area contributed by atoms with Crippen LogP contribution in [0.15, 0.2) is 16.7 Å². The fourth-order valence-corrected chi connectivity index (χ4v) is 2.13. The van der Waals surface area contributed by atoms with Crippen LogP contribution in [0.25, 0.3) is 0 Å². The summed E-state index contributed by atoms with van der Waals surface area (Å²) in [5, 5.41) is 29.6. The number of nitrogens with zero attached hydrogens (tertiary/aromatic N) is 2. The first-order chi connectivity index (χ1) is 10.3. The molecule has 3 N–H and O–H groups in total. The number of halogens is 1. The molecular weight excluding hydrogens is 367 g/mol. The van der Waals surface area contributed by atoms with Crippen molar-refractivity contribution in [1.82, 2.24) is 9.88 Å². The van der Waals surface area contributed by atoms with Crippen molar-refractivity contribution in [3.05, 3.63) is 28.0 Å². The summed E-state index contributed by atoms with van der Waals surface area (Å²) < 4.78 is 5.45. The van der Waals surface area contributed by atoms with E-state index in [4.69, 9.17) is 12.6 Å². The predicted octanol–water partition coefficient (Wildman–Crippen LogP) is 0.199. The summed E-state index contributed by atoms with van der Waals surface area (Å²) in [5.74, 6) is -2.70. The summed E-state index contributed by atoms with van der Waals surface area (Å²) in [7, 11) is 7.15. The van der Waals surface area contributed by atoms with E-state index in [9.17, 15) is 20.1 Å². The maximum atomic E-state index is 10.8. The number of fused-ring (bicyclic) bond motifs is 1. The van der Waals surface area contributed by atoms with Crippen LogP contribution in [-0.2, 0) is 21.9 Å². The Morgan fingerprint density at radius 3 is 2.39 bits per heavy atom. The molecule has 2 heterocycles. The molecule has 0 fully saturated rings. The number of carbonyl (C=O) groups is 1. The fourth-order valence-electron chi connectivity index (χ4n) is 1.79. The highest BCUT2D eigenvalue weighted by Crippen LogP contribution is 2.36. The second-order valence-corrected chi connectivity index (χ2v) is 7.05. The molecule has 0 spiro atoms. The van der Waals surface area contributed by atoms with E-state index >= 15 is 0 Å². The Hall–Kier alpha value is -0.995. The number of amides is 1. The third-order valence-corrected chi connectivity index (χ3v) is 3.63. The molecular formula is C14H20BBrN2O5. The van der Waals surface area contributed by atoms with Gasteiger partial charge in [0.2, 0.25) is 6.41 Å². The number of ether oxygens (including phenoxy) is 1. The molecule has 1 unspecified atom stereocenters. The second kappa shape index (κ2) is 6.86. The van der Waals surface area contributed by atoms with Gasteiger partial charge in [0.1, 0.15) is 13.5 Å². The molecule has 126 valence electrons. The van der Waals surface area contributed by atoms with Crippen LogP contribution >= 0.6 is 15.9 Å². The largest absolute Gasteiger partial charge is 0.380 e. The third kappa shape index (κ3) is 4.74. The summed E-state index contributed by atoms with van der Waals surface area (Å²) in [5.41, 5.74) is -1.95. The Morgan fingerprint density at radius 1 is 1.43 bits per heavy atom. The van der Waals surface area contributed by atoms with Gasteiger partial charge in [-0.3, -0.25) is 14.7 Å². The molecule has 2 radical (unpaired) electrons. The van der Waals surface area contributed by atoms with Gasteiger partial charge in [0, 0.05) is 24.2 Å². The van der Waals surface area contributed by atoms with Gasteiger partial charge >= 0.3 is 0 Å². The van der Waals surface area contributed by atoms with Gasteiger partial charge in [-0.25, -0.2) is 0 Å². The van der Waals surface area contributed by atoms with Gasteiger partial charge in [-0.05, 0) is 42.8 Å². The molecule has 1 aromatic rings. The molecule has 7 nitrogen and oxygen atoms in total. The van der Waals surface area contributed by atoms with Crippen molar-refractivity contribution >= 4 is 30.2 Å². The van der Waals surface area contributed by atoms with E-state index in [1.807, 2.05) is 20.8 Å².